The first kappa shape index (κ1) is 23.9. The third-order valence-electron chi connectivity index (χ3n) is 7.22. The number of pyridine rings is 1. The summed E-state index contributed by atoms with van der Waals surface area (Å²) in [4.78, 5) is 20.0. The van der Waals surface area contributed by atoms with Crippen LogP contribution < -0.4 is 5.56 Å². The Morgan fingerprint density at radius 1 is 1.17 bits per heavy atom. The first-order valence-electron chi connectivity index (χ1n) is 12.8. The van der Waals surface area contributed by atoms with Gasteiger partial charge in [0.15, 0.2) is 5.82 Å². The first-order valence-corrected chi connectivity index (χ1v) is 13.7. The van der Waals surface area contributed by atoms with Gasteiger partial charge in [0.1, 0.15) is 0 Å². The summed E-state index contributed by atoms with van der Waals surface area (Å²) in [6.45, 7) is 5.53. The minimum atomic E-state index is -0.0231. The highest BCUT2D eigenvalue weighted by Crippen LogP contribution is 2.33. The highest BCUT2D eigenvalue weighted by Gasteiger charge is 2.30. The Bertz CT molecular complexity index is 1300. The SMILES string of the molecule is CCCC(c1nnnn1C1CCCCC1)N(Cc1cccs1)Cc1cc2cccc(C)c2[nH]c1=O. The fraction of sp³-hybridized carbons (Fsp3) is 0.481. The van der Waals surface area contributed by atoms with Crippen molar-refractivity contribution in [3.8, 4) is 0 Å². The predicted octanol–water partition coefficient (Wildman–Crippen LogP) is 5.93. The summed E-state index contributed by atoms with van der Waals surface area (Å²) in [5, 5.41) is 16.3. The summed E-state index contributed by atoms with van der Waals surface area (Å²) >= 11 is 1.75. The molecule has 0 aliphatic heterocycles. The fourth-order valence-corrected chi connectivity index (χ4v) is 6.13. The predicted molar refractivity (Wildman–Crippen MR) is 140 cm³/mol. The molecule has 0 saturated heterocycles. The van der Waals surface area contributed by atoms with E-state index < -0.39 is 0 Å². The Labute approximate surface area is 210 Å². The van der Waals surface area contributed by atoms with Gasteiger partial charge < -0.3 is 4.98 Å². The quantitative estimate of drug-likeness (QED) is 0.314. The van der Waals surface area contributed by atoms with Crippen molar-refractivity contribution in [2.75, 3.05) is 0 Å². The molecule has 1 atom stereocenters. The minimum Gasteiger partial charge on any atom is -0.321 e. The second kappa shape index (κ2) is 10.8. The average Bonchev–Trinajstić information content (AvgIpc) is 3.56. The van der Waals surface area contributed by atoms with Crippen LogP contribution in [0.1, 0.15) is 85.8 Å². The largest absolute Gasteiger partial charge is 0.321 e. The summed E-state index contributed by atoms with van der Waals surface area (Å²) in [7, 11) is 0. The number of hydrogen-bond donors (Lipinski definition) is 1. The summed E-state index contributed by atoms with van der Waals surface area (Å²) in [5.41, 5.74) is 2.75. The average molecular weight is 491 g/mol. The molecule has 184 valence electrons. The molecule has 1 aliphatic carbocycles. The smallest absolute Gasteiger partial charge is 0.252 e. The number of thiophene rings is 1. The lowest BCUT2D eigenvalue weighted by atomic mass is 9.95. The fourth-order valence-electron chi connectivity index (χ4n) is 5.40. The zero-order valence-corrected chi connectivity index (χ0v) is 21.4. The molecule has 0 radical (unpaired) electrons. The van der Waals surface area contributed by atoms with E-state index >= 15 is 0 Å². The minimum absolute atomic E-state index is 0.0231. The number of hydrogen-bond acceptors (Lipinski definition) is 6. The third-order valence-corrected chi connectivity index (χ3v) is 8.08. The Balaban J connectivity index is 1.53. The van der Waals surface area contributed by atoms with Gasteiger partial charge in [-0.15, -0.1) is 16.4 Å². The van der Waals surface area contributed by atoms with Crippen LogP contribution in [-0.2, 0) is 13.1 Å². The van der Waals surface area contributed by atoms with Gasteiger partial charge >= 0.3 is 0 Å². The van der Waals surface area contributed by atoms with Gasteiger partial charge in [-0.1, -0.05) is 56.9 Å². The maximum absolute atomic E-state index is 13.2. The van der Waals surface area contributed by atoms with Crippen molar-refractivity contribution in [3.05, 3.63) is 74.0 Å². The number of rotatable bonds is 9. The normalized spacial score (nSPS) is 15.7. The molecule has 1 saturated carbocycles. The van der Waals surface area contributed by atoms with Crippen molar-refractivity contribution in [1.82, 2.24) is 30.1 Å². The molecule has 0 bridgehead atoms. The second-order valence-electron chi connectivity index (χ2n) is 9.73. The number of fused-ring (bicyclic) bond motifs is 1. The van der Waals surface area contributed by atoms with E-state index in [-0.39, 0.29) is 11.6 Å². The summed E-state index contributed by atoms with van der Waals surface area (Å²) in [5.74, 6) is 0.934. The van der Waals surface area contributed by atoms with Crippen LogP contribution in [0.3, 0.4) is 0 Å². The lowest BCUT2D eigenvalue weighted by molar-refractivity contribution is 0.151. The van der Waals surface area contributed by atoms with E-state index in [1.54, 1.807) is 11.3 Å². The highest BCUT2D eigenvalue weighted by molar-refractivity contribution is 7.09. The molecule has 1 unspecified atom stereocenters. The van der Waals surface area contributed by atoms with Gasteiger partial charge in [0.25, 0.3) is 5.56 Å². The van der Waals surface area contributed by atoms with E-state index in [0.717, 1.165) is 60.1 Å². The number of tetrazole rings is 1. The van der Waals surface area contributed by atoms with Gasteiger partial charge in [0, 0.05) is 23.5 Å². The molecule has 3 aromatic heterocycles. The van der Waals surface area contributed by atoms with Gasteiger partial charge in [-0.2, -0.15) is 0 Å². The number of aromatic nitrogens is 5. The molecule has 0 amide bonds. The van der Waals surface area contributed by atoms with E-state index in [1.165, 1.54) is 24.1 Å². The molecule has 1 aromatic carbocycles. The van der Waals surface area contributed by atoms with E-state index in [2.05, 4.69) is 66.7 Å². The maximum atomic E-state index is 13.2. The van der Waals surface area contributed by atoms with Crippen molar-refractivity contribution in [3.63, 3.8) is 0 Å². The lowest BCUT2D eigenvalue weighted by Crippen LogP contribution is -2.33. The number of nitrogens with one attached hydrogen (secondary N) is 1. The zero-order valence-electron chi connectivity index (χ0n) is 20.6. The molecule has 4 aromatic rings. The van der Waals surface area contributed by atoms with Crippen LogP contribution >= 0.6 is 11.3 Å². The Kier molecular flexibility index (Phi) is 7.39. The van der Waals surface area contributed by atoms with Crippen molar-refractivity contribution in [2.45, 2.75) is 84.0 Å². The molecule has 1 N–H and O–H groups in total. The van der Waals surface area contributed by atoms with E-state index in [9.17, 15) is 4.79 Å². The summed E-state index contributed by atoms with van der Waals surface area (Å²) in [6, 6.07) is 12.8. The third kappa shape index (κ3) is 5.23. The van der Waals surface area contributed by atoms with Crippen LogP contribution in [0.15, 0.2) is 46.6 Å². The van der Waals surface area contributed by atoms with Crippen LogP contribution in [0.25, 0.3) is 10.9 Å². The number of aromatic amines is 1. The summed E-state index contributed by atoms with van der Waals surface area (Å²) < 4.78 is 2.09. The van der Waals surface area contributed by atoms with E-state index in [1.807, 2.05) is 19.1 Å². The van der Waals surface area contributed by atoms with Crippen molar-refractivity contribution >= 4 is 22.2 Å². The summed E-state index contributed by atoms with van der Waals surface area (Å²) in [6.07, 6.45) is 7.96. The topological polar surface area (TPSA) is 79.7 Å². The molecule has 5 rings (SSSR count). The van der Waals surface area contributed by atoms with Gasteiger partial charge in [-0.05, 0) is 65.1 Å². The first-order chi connectivity index (χ1) is 17.1. The van der Waals surface area contributed by atoms with Crippen LogP contribution in [0.2, 0.25) is 0 Å². The molecule has 3 heterocycles. The Hall–Kier alpha value is -2.84. The van der Waals surface area contributed by atoms with Gasteiger partial charge in [0.05, 0.1) is 17.6 Å². The standard InChI is InChI=1S/C27H34N6OS/c1-3-9-24(26-29-30-31-33(26)22-12-5-4-6-13-22)32(18-23-14-8-15-35-23)17-21-16-20-11-7-10-19(2)25(20)28-27(21)34/h7-8,10-11,14-16,22,24H,3-6,9,12-13,17-18H2,1-2H3,(H,28,34). The molecule has 8 heteroatoms. The lowest BCUT2D eigenvalue weighted by Gasteiger charge is -2.32. The van der Waals surface area contributed by atoms with Crippen molar-refractivity contribution < 1.29 is 0 Å². The molecule has 7 nitrogen and oxygen atoms in total. The zero-order chi connectivity index (χ0) is 24.2. The number of benzene rings is 1. The van der Waals surface area contributed by atoms with E-state index in [4.69, 9.17) is 0 Å². The molecular formula is C27H34N6OS. The van der Waals surface area contributed by atoms with Gasteiger partial charge in [0.2, 0.25) is 0 Å². The van der Waals surface area contributed by atoms with Crippen molar-refractivity contribution in [2.24, 2.45) is 0 Å². The number of aryl methyl sites for hydroxylation is 1. The molecule has 35 heavy (non-hydrogen) atoms. The van der Waals surface area contributed by atoms with Crippen LogP contribution in [0.5, 0.6) is 0 Å². The molecule has 0 spiro atoms. The molecular weight excluding hydrogens is 456 g/mol. The van der Waals surface area contributed by atoms with Gasteiger partial charge in [-0.3, -0.25) is 9.69 Å². The number of para-hydroxylation sites is 1. The van der Waals surface area contributed by atoms with E-state index in [0.29, 0.717) is 12.6 Å². The van der Waals surface area contributed by atoms with Crippen LogP contribution in [0, 0.1) is 6.92 Å². The van der Waals surface area contributed by atoms with Crippen LogP contribution in [0.4, 0.5) is 0 Å². The highest BCUT2D eigenvalue weighted by atomic mass is 32.1. The monoisotopic (exact) mass is 490 g/mol. The number of H-pyrrole nitrogens is 1. The number of nitrogens with zero attached hydrogens (tertiary/aromatic N) is 5. The van der Waals surface area contributed by atoms with Crippen molar-refractivity contribution in [1.29, 1.82) is 0 Å². The second-order valence-corrected chi connectivity index (χ2v) is 10.8. The Morgan fingerprint density at radius 2 is 2.03 bits per heavy atom. The Morgan fingerprint density at radius 3 is 2.80 bits per heavy atom. The van der Waals surface area contributed by atoms with Crippen LogP contribution in [-0.4, -0.2) is 30.1 Å². The molecule has 1 aliphatic rings. The maximum Gasteiger partial charge on any atom is 0.252 e. The molecule has 1 fully saturated rings. The van der Waals surface area contributed by atoms with Gasteiger partial charge in [-0.25, -0.2) is 4.68 Å².